The summed E-state index contributed by atoms with van der Waals surface area (Å²) in [7, 11) is 0. The zero-order valence-electron chi connectivity index (χ0n) is 8.60. The van der Waals surface area contributed by atoms with Crippen LogP contribution < -0.4 is 5.73 Å². The average Bonchev–Trinajstić information content (AvgIpc) is 2.16. The molecule has 2 unspecified atom stereocenters. The number of aliphatic hydroxyl groups is 1. The van der Waals surface area contributed by atoms with E-state index < -0.39 is 6.29 Å². The highest BCUT2D eigenvalue weighted by Gasteiger charge is 2.09. The molecule has 2 atom stereocenters. The lowest BCUT2D eigenvalue weighted by atomic mass is 10.1. The smallest absolute Gasteiger partial charge is 0.169 e. The van der Waals surface area contributed by atoms with Crippen molar-refractivity contribution >= 4 is 0 Å². The van der Waals surface area contributed by atoms with Crippen LogP contribution in [0.1, 0.15) is 18.1 Å². The Kier molecular flexibility index (Phi) is 4.07. The molecule has 1 aromatic carbocycles. The maximum absolute atomic E-state index is 9.33. The van der Waals surface area contributed by atoms with Crippen LogP contribution in [-0.2, 0) is 11.3 Å². The van der Waals surface area contributed by atoms with Crippen LogP contribution in [0.3, 0.4) is 0 Å². The van der Waals surface area contributed by atoms with Gasteiger partial charge in [0.2, 0.25) is 0 Å². The molecule has 0 heterocycles. The summed E-state index contributed by atoms with van der Waals surface area (Å²) in [6.45, 7) is 4.12. The summed E-state index contributed by atoms with van der Waals surface area (Å²) >= 11 is 0. The Morgan fingerprint density at radius 1 is 1.43 bits per heavy atom. The Bertz CT molecular complexity index is 286. The van der Waals surface area contributed by atoms with E-state index in [0.717, 1.165) is 11.1 Å². The van der Waals surface area contributed by atoms with Gasteiger partial charge in [0.1, 0.15) is 0 Å². The van der Waals surface area contributed by atoms with E-state index in [-0.39, 0.29) is 6.04 Å². The van der Waals surface area contributed by atoms with Crippen molar-refractivity contribution in [2.45, 2.75) is 32.8 Å². The minimum Gasteiger partial charge on any atom is -0.367 e. The van der Waals surface area contributed by atoms with Crippen molar-refractivity contribution in [3.8, 4) is 0 Å². The van der Waals surface area contributed by atoms with E-state index in [9.17, 15) is 5.11 Å². The molecule has 0 aromatic heterocycles. The second-order valence-corrected chi connectivity index (χ2v) is 3.49. The van der Waals surface area contributed by atoms with Crippen LogP contribution in [0.4, 0.5) is 0 Å². The van der Waals surface area contributed by atoms with E-state index in [2.05, 4.69) is 0 Å². The van der Waals surface area contributed by atoms with Crippen molar-refractivity contribution < 1.29 is 9.84 Å². The maximum atomic E-state index is 9.33. The summed E-state index contributed by atoms with van der Waals surface area (Å²) in [5.41, 5.74) is 7.70. The number of hydrogen-bond acceptors (Lipinski definition) is 3. The van der Waals surface area contributed by atoms with Crippen LogP contribution in [0.5, 0.6) is 0 Å². The molecule has 0 saturated heterocycles. The minimum absolute atomic E-state index is 0.362. The fraction of sp³-hybridized carbons (Fsp3) is 0.455. The molecule has 0 aliphatic heterocycles. The monoisotopic (exact) mass is 195 g/mol. The zero-order chi connectivity index (χ0) is 10.6. The molecule has 0 spiro atoms. The van der Waals surface area contributed by atoms with Crippen molar-refractivity contribution in [3.05, 3.63) is 35.4 Å². The molecule has 78 valence electrons. The molecule has 1 rings (SSSR count). The van der Waals surface area contributed by atoms with Crippen LogP contribution in [-0.4, -0.2) is 17.4 Å². The largest absolute Gasteiger partial charge is 0.367 e. The molecule has 0 radical (unpaired) electrons. The summed E-state index contributed by atoms with van der Waals surface area (Å²) in [6, 6.07) is 7.55. The van der Waals surface area contributed by atoms with Gasteiger partial charge >= 0.3 is 0 Å². The zero-order valence-corrected chi connectivity index (χ0v) is 8.60. The summed E-state index contributed by atoms with van der Waals surface area (Å²) < 4.78 is 5.20. The summed E-state index contributed by atoms with van der Waals surface area (Å²) in [5.74, 6) is 0. The molecule has 0 bridgehead atoms. The Labute approximate surface area is 84.5 Å². The first-order valence-corrected chi connectivity index (χ1v) is 4.71. The normalized spacial score (nSPS) is 15.1. The second-order valence-electron chi connectivity index (χ2n) is 3.49. The van der Waals surface area contributed by atoms with Gasteiger partial charge in [-0.05, 0) is 25.0 Å². The fourth-order valence-electron chi connectivity index (χ4n) is 1.10. The molecule has 0 saturated carbocycles. The molecular formula is C11H17NO2. The number of hydrogen-bond donors (Lipinski definition) is 2. The third-order valence-electron chi connectivity index (χ3n) is 2.12. The number of ether oxygens (including phenoxy) is 1. The van der Waals surface area contributed by atoms with Gasteiger partial charge in [-0.3, -0.25) is 0 Å². The van der Waals surface area contributed by atoms with Crippen molar-refractivity contribution in [3.63, 3.8) is 0 Å². The van der Waals surface area contributed by atoms with Crippen LogP contribution in [0, 0.1) is 6.92 Å². The lowest BCUT2D eigenvalue weighted by molar-refractivity contribution is -0.118. The highest BCUT2D eigenvalue weighted by Crippen LogP contribution is 2.09. The molecule has 0 aliphatic carbocycles. The standard InChI is InChI=1S/C11H17NO2/c1-8-5-3-4-6-10(8)7-14-11(13)9(2)12/h3-6,9,11,13H,7,12H2,1-2H3. The predicted molar refractivity (Wildman–Crippen MR) is 55.6 cm³/mol. The van der Waals surface area contributed by atoms with Gasteiger partial charge in [-0.15, -0.1) is 0 Å². The topological polar surface area (TPSA) is 55.5 Å². The number of nitrogens with two attached hydrogens (primary N) is 1. The molecule has 1 aromatic rings. The van der Waals surface area contributed by atoms with Crippen molar-refractivity contribution in [1.82, 2.24) is 0 Å². The molecule has 0 amide bonds. The van der Waals surface area contributed by atoms with Crippen molar-refractivity contribution in [2.75, 3.05) is 0 Å². The van der Waals surface area contributed by atoms with Crippen LogP contribution in [0.2, 0.25) is 0 Å². The summed E-state index contributed by atoms with van der Waals surface area (Å²) in [6.07, 6.45) is -0.894. The number of benzene rings is 1. The first-order valence-electron chi connectivity index (χ1n) is 4.71. The first-order chi connectivity index (χ1) is 6.61. The number of aryl methyl sites for hydroxylation is 1. The number of aliphatic hydroxyl groups excluding tert-OH is 1. The van der Waals surface area contributed by atoms with Crippen molar-refractivity contribution in [1.29, 1.82) is 0 Å². The van der Waals surface area contributed by atoms with Gasteiger partial charge in [0.05, 0.1) is 12.6 Å². The van der Waals surface area contributed by atoms with Crippen molar-refractivity contribution in [2.24, 2.45) is 5.73 Å². The van der Waals surface area contributed by atoms with Gasteiger partial charge in [0, 0.05) is 0 Å². The summed E-state index contributed by atoms with van der Waals surface area (Å²) in [5, 5.41) is 9.33. The minimum atomic E-state index is -0.894. The SMILES string of the molecule is Cc1ccccc1COC(O)C(C)N. The van der Waals surface area contributed by atoms with E-state index in [1.54, 1.807) is 6.92 Å². The molecule has 3 nitrogen and oxygen atoms in total. The Balaban J connectivity index is 2.50. The van der Waals surface area contributed by atoms with Crippen LogP contribution in [0.25, 0.3) is 0 Å². The lowest BCUT2D eigenvalue weighted by Crippen LogP contribution is -2.33. The van der Waals surface area contributed by atoms with E-state index in [4.69, 9.17) is 10.5 Å². The molecular weight excluding hydrogens is 178 g/mol. The molecule has 0 aliphatic rings. The van der Waals surface area contributed by atoms with Gasteiger partial charge in [-0.2, -0.15) is 0 Å². The summed E-state index contributed by atoms with van der Waals surface area (Å²) in [4.78, 5) is 0. The maximum Gasteiger partial charge on any atom is 0.169 e. The van der Waals surface area contributed by atoms with E-state index in [0.29, 0.717) is 6.61 Å². The van der Waals surface area contributed by atoms with Gasteiger partial charge in [-0.25, -0.2) is 0 Å². The third-order valence-corrected chi connectivity index (χ3v) is 2.12. The second kappa shape index (κ2) is 5.10. The average molecular weight is 195 g/mol. The van der Waals surface area contributed by atoms with Gasteiger partial charge < -0.3 is 15.6 Å². The molecule has 3 heteroatoms. The first kappa shape index (κ1) is 11.2. The highest BCUT2D eigenvalue weighted by molar-refractivity contribution is 5.24. The Morgan fingerprint density at radius 2 is 2.07 bits per heavy atom. The number of rotatable bonds is 4. The quantitative estimate of drug-likeness (QED) is 0.709. The van der Waals surface area contributed by atoms with Gasteiger partial charge in [0.15, 0.2) is 6.29 Å². The molecule has 14 heavy (non-hydrogen) atoms. The fourth-order valence-corrected chi connectivity index (χ4v) is 1.10. The highest BCUT2D eigenvalue weighted by atomic mass is 16.6. The van der Waals surface area contributed by atoms with E-state index >= 15 is 0 Å². The molecule has 0 fully saturated rings. The molecule has 3 N–H and O–H groups in total. The predicted octanol–water partition coefficient (Wildman–Crippen LogP) is 1.18. The Hall–Kier alpha value is -0.900. The van der Waals surface area contributed by atoms with Gasteiger partial charge in [0.25, 0.3) is 0 Å². The van der Waals surface area contributed by atoms with E-state index in [1.807, 2.05) is 31.2 Å². The van der Waals surface area contributed by atoms with Gasteiger partial charge in [-0.1, -0.05) is 24.3 Å². The van der Waals surface area contributed by atoms with Crippen LogP contribution >= 0.6 is 0 Å². The third kappa shape index (κ3) is 3.10. The van der Waals surface area contributed by atoms with Crippen LogP contribution in [0.15, 0.2) is 24.3 Å². The lowest BCUT2D eigenvalue weighted by Gasteiger charge is -2.15. The van der Waals surface area contributed by atoms with E-state index in [1.165, 1.54) is 0 Å². The Morgan fingerprint density at radius 3 is 2.64 bits per heavy atom.